The van der Waals surface area contributed by atoms with E-state index >= 15 is 0 Å². The maximum atomic E-state index is 12.5. The zero-order valence-electron chi connectivity index (χ0n) is 13.3. The lowest BCUT2D eigenvalue weighted by atomic mass is 10.1. The van der Waals surface area contributed by atoms with Gasteiger partial charge in [0, 0.05) is 23.6 Å². The summed E-state index contributed by atoms with van der Waals surface area (Å²) in [5.74, 6) is 0.0825. The highest BCUT2D eigenvalue weighted by Crippen LogP contribution is 2.32. The van der Waals surface area contributed by atoms with Crippen LogP contribution in [0.2, 0.25) is 0 Å². The van der Waals surface area contributed by atoms with Gasteiger partial charge in [0.25, 0.3) is 11.8 Å². The Kier molecular flexibility index (Phi) is 3.53. The van der Waals surface area contributed by atoms with Crippen LogP contribution in [0.1, 0.15) is 17.3 Å². The number of carbonyl (C=O) groups is 2. The first-order valence-electron chi connectivity index (χ1n) is 7.74. The summed E-state index contributed by atoms with van der Waals surface area (Å²) in [6, 6.07) is 10.2. The lowest BCUT2D eigenvalue weighted by Crippen LogP contribution is -2.34. The van der Waals surface area contributed by atoms with Crippen LogP contribution in [0.15, 0.2) is 48.8 Å². The van der Waals surface area contributed by atoms with E-state index in [-0.39, 0.29) is 11.8 Å². The van der Waals surface area contributed by atoms with Crippen LogP contribution in [0.4, 0.5) is 11.4 Å². The topological polar surface area (TPSA) is 93.2 Å². The molecule has 2 N–H and O–H groups in total. The number of fused-ring (bicyclic) bond motifs is 2. The van der Waals surface area contributed by atoms with Gasteiger partial charge in [-0.1, -0.05) is 0 Å². The van der Waals surface area contributed by atoms with Crippen LogP contribution >= 0.6 is 0 Å². The first-order valence-corrected chi connectivity index (χ1v) is 7.74. The van der Waals surface area contributed by atoms with Crippen LogP contribution < -0.4 is 15.4 Å². The molecule has 3 aromatic rings. The van der Waals surface area contributed by atoms with Crippen molar-refractivity contribution in [2.45, 2.75) is 13.0 Å². The number of nitrogens with zero attached hydrogens (tertiary/aromatic N) is 2. The third kappa shape index (κ3) is 2.87. The number of aromatic nitrogens is 2. The van der Waals surface area contributed by atoms with Crippen LogP contribution in [0, 0.1) is 0 Å². The van der Waals surface area contributed by atoms with Crippen LogP contribution in [0.25, 0.3) is 11.0 Å². The summed E-state index contributed by atoms with van der Waals surface area (Å²) in [7, 11) is 0. The van der Waals surface area contributed by atoms with E-state index in [1.54, 1.807) is 55.7 Å². The molecule has 124 valence electrons. The number of hydrogen-bond donors (Lipinski definition) is 2. The Hall–Kier alpha value is -3.48. The van der Waals surface area contributed by atoms with E-state index < -0.39 is 6.10 Å². The average Bonchev–Trinajstić information content (AvgIpc) is 2.62. The van der Waals surface area contributed by atoms with E-state index in [2.05, 4.69) is 20.6 Å². The molecule has 7 nitrogen and oxygen atoms in total. The fourth-order valence-electron chi connectivity index (χ4n) is 2.59. The number of hydrogen-bond acceptors (Lipinski definition) is 5. The van der Waals surface area contributed by atoms with Gasteiger partial charge in [-0.25, -0.2) is 0 Å². The molecule has 4 rings (SSSR count). The molecule has 2 aromatic carbocycles. The van der Waals surface area contributed by atoms with Crippen LogP contribution in [0.3, 0.4) is 0 Å². The van der Waals surface area contributed by atoms with Crippen molar-refractivity contribution in [2.24, 2.45) is 0 Å². The average molecular weight is 334 g/mol. The molecule has 0 spiro atoms. The second-order valence-electron chi connectivity index (χ2n) is 5.67. The molecular weight excluding hydrogens is 320 g/mol. The first kappa shape index (κ1) is 15.1. The highest BCUT2D eigenvalue weighted by atomic mass is 16.5. The van der Waals surface area contributed by atoms with Crippen molar-refractivity contribution in [1.82, 2.24) is 9.97 Å². The zero-order valence-corrected chi connectivity index (χ0v) is 13.3. The number of ether oxygens (including phenoxy) is 1. The molecule has 1 aromatic heterocycles. The normalized spacial score (nSPS) is 15.9. The van der Waals surface area contributed by atoms with Crippen molar-refractivity contribution in [3.63, 3.8) is 0 Å². The molecule has 0 saturated heterocycles. The van der Waals surface area contributed by atoms with E-state index in [4.69, 9.17) is 4.74 Å². The second-order valence-corrected chi connectivity index (χ2v) is 5.67. The minimum Gasteiger partial charge on any atom is -0.479 e. The van der Waals surface area contributed by atoms with Gasteiger partial charge in [-0.15, -0.1) is 0 Å². The van der Waals surface area contributed by atoms with Gasteiger partial charge in [-0.05, 0) is 43.3 Å². The smallest absolute Gasteiger partial charge is 0.265 e. The molecular formula is C18H14N4O3. The number of benzene rings is 2. The summed E-state index contributed by atoms with van der Waals surface area (Å²) < 4.78 is 5.50. The van der Waals surface area contributed by atoms with Gasteiger partial charge in [0.2, 0.25) is 0 Å². The van der Waals surface area contributed by atoms with Crippen molar-refractivity contribution in [1.29, 1.82) is 0 Å². The lowest BCUT2D eigenvalue weighted by Gasteiger charge is -2.23. The van der Waals surface area contributed by atoms with Crippen molar-refractivity contribution in [3.8, 4) is 5.75 Å². The zero-order chi connectivity index (χ0) is 17.4. The van der Waals surface area contributed by atoms with Gasteiger partial charge >= 0.3 is 0 Å². The highest BCUT2D eigenvalue weighted by Gasteiger charge is 2.23. The van der Waals surface area contributed by atoms with Crippen LogP contribution in [-0.4, -0.2) is 27.9 Å². The summed E-state index contributed by atoms with van der Waals surface area (Å²) in [6.07, 6.45) is 2.65. The molecule has 0 radical (unpaired) electrons. The Labute approximate surface area is 143 Å². The summed E-state index contributed by atoms with van der Waals surface area (Å²) in [6.45, 7) is 1.68. The number of anilines is 2. The second kappa shape index (κ2) is 5.86. The monoisotopic (exact) mass is 334 g/mol. The molecule has 0 saturated carbocycles. The van der Waals surface area contributed by atoms with Crippen molar-refractivity contribution in [3.05, 3.63) is 54.4 Å². The third-order valence-electron chi connectivity index (χ3n) is 3.90. The van der Waals surface area contributed by atoms with E-state index in [9.17, 15) is 9.59 Å². The molecule has 1 aliphatic rings. The Bertz CT molecular complexity index is 1000. The largest absolute Gasteiger partial charge is 0.479 e. The first-order chi connectivity index (χ1) is 12.1. The van der Waals surface area contributed by atoms with Crippen LogP contribution in [-0.2, 0) is 4.79 Å². The Morgan fingerprint density at radius 2 is 1.92 bits per heavy atom. The molecule has 25 heavy (non-hydrogen) atoms. The molecule has 0 fully saturated rings. The molecule has 1 atom stereocenters. The van der Waals surface area contributed by atoms with Crippen molar-refractivity contribution >= 4 is 34.2 Å². The molecule has 1 aliphatic heterocycles. The van der Waals surface area contributed by atoms with Gasteiger partial charge in [0.1, 0.15) is 5.75 Å². The van der Waals surface area contributed by atoms with E-state index in [1.165, 1.54) is 0 Å². The maximum Gasteiger partial charge on any atom is 0.265 e. The van der Waals surface area contributed by atoms with Gasteiger partial charge in [0.15, 0.2) is 6.10 Å². The molecule has 0 bridgehead atoms. The summed E-state index contributed by atoms with van der Waals surface area (Å²) in [4.78, 5) is 32.5. The molecule has 7 heteroatoms. The summed E-state index contributed by atoms with van der Waals surface area (Å²) in [5.41, 5.74) is 2.93. The number of nitrogens with one attached hydrogen (secondary N) is 2. The lowest BCUT2D eigenvalue weighted by molar-refractivity contribution is -0.122. The highest BCUT2D eigenvalue weighted by molar-refractivity contribution is 6.06. The summed E-state index contributed by atoms with van der Waals surface area (Å²) in [5, 5.41) is 5.56. The number of carbonyl (C=O) groups excluding carboxylic acids is 2. The van der Waals surface area contributed by atoms with Crippen molar-refractivity contribution in [2.75, 3.05) is 10.6 Å². The molecule has 0 aliphatic carbocycles. The SMILES string of the molecule is CC1Oc2ccc(NC(=O)c3ccc4nccnc4c3)cc2NC1=O. The molecule has 2 heterocycles. The van der Waals surface area contributed by atoms with Gasteiger partial charge in [0.05, 0.1) is 16.7 Å². The molecule has 1 unspecified atom stereocenters. The van der Waals surface area contributed by atoms with Gasteiger partial charge in [-0.2, -0.15) is 0 Å². The van der Waals surface area contributed by atoms with Crippen molar-refractivity contribution < 1.29 is 14.3 Å². The standard InChI is InChI=1S/C18H14N4O3/c1-10-17(23)22-15-9-12(3-5-16(15)25-10)21-18(24)11-2-4-13-14(8-11)20-7-6-19-13/h2-10H,1H3,(H,21,24)(H,22,23). The van der Waals surface area contributed by atoms with Gasteiger partial charge in [-0.3, -0.25) is 19.6 Å². The number of amides is 2. The predicted molar refractivity (Wildman–Crippen MR) is 92.7 cm³/mol. The third-order valence-corrected chi connectivity index (χ3v) is 3.90. The minimum absolute atomic E-state index is 0.218. The Balaban J connectivity index is 1.58. The minimum atomic E-state index is -0.536. The maximum absolute atomic E-state index is 12.5. The van der Waals surface area contributed by atoms with Gasteiger partial charge < -0.3 is 15.4 Å². The van der Waals surface area contributed by atoms with Crippen LogP contribution in [0.5, 0.6) is 5.75 Å². The number of rotatable bonds is 2. The quantitative estimate of drug-likeness (QED) is 0.751. The summed E-state index contributed by atoms with van der Waals surface area (Å²) >= 11 is 0. The van der Waals surface area contributed by atoms with E-state index in [1.807, 2.05) is 0 Å². The Morgan fingerprint density at radius 3 is 2.76 bits per heavy atom. The Morgan fingerprint density at radius 1 is 1.12 bits per heavy atom. The fraction of sp³-hybridized carbons (Fsp3) is 0.111. The van der Waals surface area contributed by atoms with E-state index in [0.29, 0.717) is 28.2 Å². The predicted octanol–water partition coefficient (Wildman–Crippen LogP) is 2.60. The molecule has 2 amide bonds. The fourth-order valence-corrected chi connectivity index (χ4v) is 2.59. The van der Waals surface area contributed by atoms with E-state index in [0.717, 1.165) is 5.52 Å².